The summed E-state index contributed by atoms with van der Waals surface area (Å²) in [6, 6.07) is -0.0828. The van der Waals surface area contributed by atoms with Crippen LogP contribution >= 0.6 is 24.8 Å². The van der Waals surface area contributed by atoms with Gasteiger partial charge in [-0.3, -0.25) is 0 Å². The van der Waals surface area contributed by atoms with Gasteiger partial charge in [-0.25, -0.2) is 4.79 Å². The number of halogens is 2. The summed E-state index contributed by atoms with van der Waals surface area (Å²) < 4.78 is 0. The summed E-state index contributed by atoms with van der Waals surface area (Å²) in [5.74, 6) is 0.881. The Kier molecular flexibility index (Phi) is 10.8. The molecule has 5 N–H and O–H groups in total. The molecule has 0 aromatic carbocycles. The molecule has 0 amide bonds. The highest BCUT2D eigenvalue weighted by Crippen LogP contribution is 2.09. The Morgan fingerprint density at radius 2 is 2.07 bits per heavy atom. The number of hydrogen-bond acceptors (Lipinski definition) is 3. The Hall–Kier alpha value is -0.470. The lowest BCUT2D eigenvalue weighted by molar-refractivity contribution is -0.141. The molecule has 0 aromatic heterocycles. The van der Waals surface area contributed by atoms with Crippen LogP contribution in [0.5, 0.6) is 0 Å². The third-order valence-electron chi connectivity index (χ3n) is 1.63. The molecular formula is C8H16Cl2N2O2. The summed E-state index contributed by atoms with van der Waals surface area (Å²) in [4.78, 5) is 10.6. The van der Waals surface area contributed by atoms with Crippen LogP contribution in [0.1, 0.15) is 19.8 Å². The van der Waals surface area contributed by atoms with Gasteiger partial charge in [0.2, 0.25) is 0 Å². The number of rotatable bonds is 4. The van der Waals surface area contributed by atoms with Crippen LogP contribution in [-0.4, -0.2) is 22.7 Å². The van der Waals surface area contributed by atoms with Crippen LogP contribution in [0.3, 0.4) is 0 Å². The predicted octanol–water partition coefficient (Wildman–Crippen LogP) is 0.373. The molecular weight excluding hydrogens is 227 g/mol. The maximum atomic E-state index is 10.6. The second-order valence-corrected chi connectivity index (χ2v) is 2.94. The fourth-order valence-corrected chi connectivity index (χ4v) is 0.696. The van der Waals surface area contributed by atoms with Crippen LogP contribution in [0.4, 0.5) is 0 Å². The Morgan fingerprint density at radius 1 is 1.64 bits per heavy atom. The van der Waals surface area contributed by atoms with Crippen LogP contribution in [-0.2, 0) is 4.79 Å². The fourth-order valence-electron chi connectivity index (χ4n) is 0.696. The number of hydrogen-bond donors (Lipinski definition) is 3. The molecule has 0 aliphatic rings. The number of nitrogens with two attached hydrogens (primary N) is 2. The number of terminal acetylenes is 1. The van der Waals surface area contributed by atoms with Crippen molar-refractivity contribution in [3.05, 3.63) is 0 Å². The minimum absolute atomic E-state index is 0. The van der Waals surface area contributed by atoms with Crippen molar-refractivity contribution in [1.29, 1.82) is 0 Å². The van der Waals surface area contributed by atoms with E-state index in [4.69, 9.17) is 23.0 Å². The largest absolute Gasteiger partial charge is 0.479 e. The first kappa shape index (κ1) is 19.2. The van der Waals surface area contributed by atoms with Crippen molar-refractivity contribution in [2.24, 2.45) is 11.5 Å². The zero-order valence-electron chi connectivity index (χ0n) is 7.90. The first-order valence-electron chi connectivity index (χ1n) is 3.68. The Morgan fingerprint density at radius 3 is 2.29 bits per heavy atom. The van der Waals surface area contributed by atoms with Crippen LogP contribution in [0, 0.1) is 12.3 Å². The second kappa shape index (κ2) is 7.89. The van der Waals surface area contributed by atoms with Gasteiger partial charge < -0.3 is 16.6 Å². The molecule has 0 rings (SSSR count). The van der Waals surface area contributed by atoms with E-state index in [0.29, 0.717) is 6.42 Å². The summed E-state index contributed by atoms with van der Waals surface area (Å²) in [5.41, 5.74) is 9.27. The molecule has 0 saturated carbocycles. The monoisotopic (exact) mass is 242 g/mol. The highest BCUT2D eigenvalue weighted by Gasteiger charge is 2.31. The summed E-state index contributed by atoms with van der Waals surface area (Å²) in [5, 5.41) is 8.64. The lowest BCUT2D eigenvalue weighted by Crippen LogP contribution is -2.47. The molecule has 0 saturated heterocycles. The van der Waals surface area contributed by atoms with Gasteiger partial charge in [0.1, 0.15) is 0 Å². The van der Waals surface area contributed by atoms with Gasteiger partial charge in [0.25, 0.3) is 0 Å². The molecule has 0 aliphatic heterocycles. The SMILES string of the molecule is C#CC(N)(CCC(C)N)C(=O)O.Cl.Cl. The van der Waals surface area contributed by atoms with Crippen molar-refractivity contribution in [3.8, 4) is 12.3 Å². The Labute approximate surface area is 96.2 Å². The predicted molar refractivity (Wildman–Crippen MR) is 60.8 cm³/mol. The van der Waals surface area contributed by atoms with Gasteiger partial charge in [0.15, 0.2) is 5.54 Å². The van der Waals surface area contributed by atoms with E-state index in [1.165, 1.54) is 0 Å². The zero-order chi connectivity index (χ0) is 9.78. The minimum atomic E-state index is -1.56. The molecule has 6 heteroatoms. The molecule has 2 unspecified atom stereocenters. The molecule has 4 nitrogen and oxygen atoms in total. The first-order valence-corrected chi connectivity index (χ1v) is 3.68. The summed E-state index contributed by atoms with van der Waals surface area (Å²) in [6.07, 6.45) is 5.71. The standard InChI is InChI=1S/C8H14N2O2.2ClH/c1-3-8(10,7(11)12)5-4-6(2)9;;/h1,6H,4-5,9-10H2,2H3,(H,11,12);2*1H. The van der Waals surface area contributed by atoms with Crippen molar-refractivity contribution < 1.29 is 9.90 Å². The van der Waals surface area contributed by atoms with Crippen LogP contribution in [0.15, 0.2) is 0 Å². The minimum Gasteiger partial charge on any atom is -0.479 e. The van der Waals surface area contributed by atoms with E-state index in [1.807, 2.05) is 0 Å². The van der Waals surface area contributed by atoms with Gasteiger partial charge in [0.05, 0.1) is 0 Å². The quantitative estimate of drug-likeness (QED) is 0.622. The number of aliphatic carboxylic acids is 1. The van der Waals surface area contributed by atoms with Gasteiger partial charge in [-0.05, 0) is 19.8 Å². The average molecular weight is 243 g/mol. The van der Waals surface area contributed by atoms with Crippen molar-refractivity contribution in [3.63, 3.8) is 0 Å². The average Bonchev–Trinajstić information content (AvgIpc) is 1.99. The van der Waals surface area contributed by atoms with E-state index in [0.717, 1.165) is 0 Å². The lowest BCUT2D eigenvalue weighted by Gasteiger charge is -2.18. The van der Waals surface area contributed by atoms with Crippen molar-refractivity contribution in [2.75, 3.05) is 0 Å². The molecule has 2 atom stereocenters. The van der Waals surface area contributed by atoms with Gasteiger partial charge in [0, 0.05) is 6.04 Å². The molecule has 0 heterocycles. The Balaban J connectivity index is -0.000000605. The molecule has 0 spiro atoms. The van der Waals surface area contributed by atoms with Crippen molar-refractivity contribution in [2.45, 2.75) is 31.3 Å². The Bertz CT molecular complexity index is 216. The van der Waals surface area contributed by atoms with Crippen molar-refractivity contribution in [1.82, 2.24) is 0 Å². The number of carboxylic acid groups (broad SMARTS) is 1. The first-order chi connectivity index (χ1) is 5.42. The van der Waals surface area contributed by atoms with E-state index in [1.54, 1.807) is 6.92 Å². The highest BCUT2D eigenvalue weighted by atomic mass is 35.5. The molecule has 0 radical (unpaired) electrons. The van der Waals surface area contributed by atoms with Crippen molar-refractivity contribution >= 4 is 30.8 Å². The third kappa shape index (κ3) is 6.06. The van der Waals surface area contributed by atoms with E-state index >= 15 is 0 Å². The number of carbonyl (C=O) groups is 1. The summed E-state index contributed by atoms with van der Waals surface area (Å²) in [6.45, 7) is 1.78. The molecule has 0 aromatic rings. The summed E-state index contributed by atoms with van der Waals surface area (Å²) in [7, 11) is 0. The topological polar surface area (TPSA) is 89.3 Å². The third-order valence-corrected chi connectivity index (χ3v) is 1.63. The van der Waals surface area contributed by atoms with E-state index < -0.39 is 11.5 Å². The summed E-state index contributed by atoms with van der Waals surface area (Å²) >= 11 is 0. The zero-order valence-corrected chi connectivity index (χ0v) is 9.53. The van der Waals surface area contributed by atoms with Crippen LogP contribution in [0.25, 0.3) is 0 Å². The van der Waals surface area contributed by atoms with Crippen LogP contribution < -0.4 is 11.5 Å². The molecule has 14 heavy (non-hydrogen) atoms. The maximum absolute atomic E-state index is 10.6. The highest BCUT2D eigenvalue weighted by molar-refractivity contribution is 5.85. The fraction of sp³-hybridized carbons (Fsp3) is 0.625. The second-order valence-electron chi connectivity index (χ2n) is 2.94. The lowest BCUT2D eigenvalue weighted by atomic mass is 9.94. The van der Waals surface area contributed by atoms with Gasteiger partial charge >= 0.3 is 5.97 Å². The molecule has 0 aliphatic carbocycles. The van der Waals surface area contributed by atoms with Gasteiger partial charge in [-0.2, -0.15) is 0 Å². The smallest absolute Gasteiger partial charge is 0.336 e. The van der Waals surface area contributed by atoms with Crippen LogP contribution in [0.2, 0.25) is 0 Å². The van der Waals surface area contributed by atoms with Gasteiger partial charge in [-0.1, -0.05) is 5.92 Å². The van der Waals surface area contributed by atoms with Gasteiger partial charge in [-0.15, -0.1) is 31.2 Å². The van der Waals surface area contributed by atoms with E-state index in [2.05, 4.69) is 5.92 Å². The molecule has 84 valence electrons. The molecule has 0 fully saturated rings. The molecule has 0 bridgehead atoms. The van der Waals surface area contributed by atoms with E-state index in [9.17, 15) is 4.79 Å². The van der Waals surface area contributed by atoms with E-state index in [-0.39, 0.29) is 37.3 Å². The normalized spacial score (nSPS) is 15.0. The maximum Gasteiger partial charge on any atom is 0.336 e. The number of carboxylic acids is 1.